The Morgan fingerprint density at radius 1 is 0.852 bits per heavy atom. The van der Waals surface area contributed by atoms with Gasteiger partial charge in [-0.2, -0.15) is 4.98 Å². The summed E-state index contributed by atoms with van der Waals surface area (Å²) in [6.07, 6.45) is 5.57. The Morgan fingerprint density at radius 2 is 1.59 bits per heavy atom. The van der Waals surface area contributed by atoms with Crippen molar-refractivity contribution >= 4 is 23.5 Å². The van der Waals surface area contributed by atoms with Crippen molar-refractivity contribution < 1.29 is 4.79 Å². The topological polar surface area (TPSA) is 64.6 Å². The lowest BCUT2D eigenvalue weighted by Gasteiger charge is -2.35. The quantitative estimate of drug-likeness (QED) is 0.905. The monoisotopic (exact) mass is 366 g/mol. The zero-order valence-corrected chi connectivity index (χ0v) is 15.5. The lowest BCUT2D eigenvalue weighted by atomic mass is 10.1. The van der Waals surface area contributed by atoms with Crippen LogP contribution in [0.3, 0.4) is 0 Å². The van der Waals surface area contributed by atoms with Gasteiger partial charge < -0.3 is 20.0 Å². The maximum atomic E-state index is 12.4. The number of nitrogens with one attached hydrogen (secondary N) is 1. The number of urea groups is 1. The van der Waals surface area contributed by atoms with Gasteiger partial charge in [0.2, 0.25) is 5.95 Å². The van der Waals surface area contributed by atoms with E-state index in [1.165, 1.54) is 19.3 Å². The second-order valence-corrected chi connectivity index (χ2v) is 7.03. The van der Waals surface area contributed by atoms with Crippen LogP contribution >= 0.6 is 0 Å². The smallest absolute Gasteiger partial charge is 0.321 e. The van der Waals surface area contributed by atoms with Crippen LogP contribution in [0.2, 0.25) is 0 Å². The number of aromatic nitrogens is 2. The highest BCUT2D eigenvalue weighted by molar-refractivity contribution is 5.89. The third-order valence-corrected chi connectivity index (χ3v) is 5.18. The van der Waals surface area contributed by atoms with Gasteiger partial charge in [-0.15, -0.1) is 0 Å². The van der Waals surface area contributed by atoms with Gasteiger partial charge in [-0.1, -0.05) is 18.2 Å². The first-order valence-corrected chi connectivity index (χ1v) is 9.73. The molecule has 2 saturated heterocycles. The first-order valence-electron chi connectivity index (χ1n) is 9.73. The number of benzene rings is 1. The fourth-order valence-electron chi connectivity index (χ4n) is 3.62. The summed E-state index contributed by atoms with van der Waals surface area (Å²) in [4.78, 5) is 28.0. The summed E-state index contributed by atoms with van der Waals surface area (Å²) in [6.45, 7) is 4.99. The predicted molar refractivity (Wildman–Crippen MR) is 107 cm³/mol. The van der Waals surface area contributed by atoms with Gasteiger partial charge in [-0.3, -0.25) is 0 Å². The first kappa shape index (κ1) is 17.6. The lowest BCUT2D eigenvalue weighted by molar-refractivity contribution is 0.208. The summed E-state index contributed by atoms with van der Waals surface area (Å²) in [5.41, 5.74) is 0.826. The molecule has 2 aromatic rings. The first-order chi connectivity index (χ1) is 13.3. The van der Waals surface area contributed by atoms with Gasteiger partial charge in [-0.05, 0) is 37.5 Å². The van der Waals surface area contributed by atoms with Gasteiger partial charge in [0.15, 0.2) is 0 Å². The Labute approximate surface area is 160 Å². The van der Waals surface area contributed by atoms with Crippen molar-refractivity contribution in [1.82, 2.24) is 14.9 Å². The van der Waals surface area contributed by atoms with Crippen LogP contribution < -0.4 is 15.1 Å². The van der Waals surface area contributed by atoms with E-state index < -0.39 is 0 Å². The number of amides is 2. The predicted octanol–water partition coefficient (Wildman–Crippen LogP) is 2.82. The number of carbonyl (C=O) groups excluding carboxylic acids is 1. The van der Waals surface area contributed by atoms with E-state index in [4.69, 9.17) is 4.98 Å². The normalized spacial score (nSPS) is 17.7. The molecule has 142 valence electrons. The fraction of sp³-hybridized carbons (Fsp3) is 0.450. The van der Waals surface area contributed by atoms with Crippen molar-refractivity contribution in [3.63, 3.8) is 0 Å². The summed E-state index contributed by atoms with van der Waals surface area (Å²) in [5.74, 6) is 1.78. The Balaban J connectivity index is 1.34. The third-order valence-electron chi connectivity index (χ3n) is 5.18. The molecule has 3 heterocycles. The number of para-hydroxylation sites is 1. The largest absolute Gasteiger partial charge is 0.353 e. The SMILES string of the molecule is O=C(Nc1ccccc1)N1CCN(c2ccnc(N3CCCCC3)n2)CC1. The van der Waals surface area contributed by atoms with Gasteiger partial charge in [0.1, 0.15) is 5.82 Å². The fourth-order valence-corrected chi connectivity index (χ4v) is 3.62. The highest BCUT2D eigenvalue weighted by atomic mass is 16.2. The second-order valence-electron chi connectivity index (χ2n) is 7.03. The maximum absolute atomic E-state index is 12.4. The van der Waals surface area contributed by atoms with Crippen molar-refractivity contribution in [2.24, 2.45) is 0 Å². The lowest BCUT2D eigenvalue weighted by Crippen LogP contribution is -2.50. The van der Waals surface area contributed by atoms with E-state index in [1.54, 1.807) is 0 Å². The maximum Gasteiger partial charge on any atom is 0.321 e. The molecule has 4 rings (SSSR count). The summed E-state index contributed by atoms with van der Waals surface area (Å²) >= 11 is 0. The van der Waals surface area contributed by atoms with E-state index in [-0.39, 0.29) is 6.03 Å². The third kappa shape index (κ3) is 4.30. The Kier molecular flexibility index (Phi) is 5.37. The van der Waals surface area contributed by atoms with Crippen LogP contribution in [-0.4, -0.2) is 60.2 Å². The van der Waals surface area contributed by atoms with E-state index in [9.17, 15) is 4.79 Å². The van der Waals surface area contributed by atoms with E-state index in [2.05, 4.69) is 20.1 Å². The zero-order valence-electron chi connectivity index (χ0n) is 15.5. The molecule has 0 bridgehead atoms. The molecule has 7 heteroatoms. The molecule has 7 nitrogen and oxygen atoms in total. The molecular weight excluding hydrogens is 340 g/mol. The molecular formula is C20H26N6O. The Morgan fingerprint density at radius 3 is 2.33 bits per heavy atom. The van der Waals surface area contributed by atoms with Crippen LogP contribution in [0.5, 0.6) is 0 Å². The van der Waals surface area contributed by atoms with Crippen LogP contribution in [0.25, 0.3) is 0 Å². The number of hydrogen-bond acceptors (Lipinski definition) is 5. The van der Waals surface area contributed by atoms with E-state index in [1.807, 2.05) is 47.5 Å². The number of piperazine rings is 1. The summed E-state index contributed by atoms with van der Waals surface area (Å²) in [5, 5.41) is 2.95. The van der Waals surface area contributed by atoms with E-state index in [0.717, 1.165) is 43.6 Å². The summed E-state index contributed by atoms with van der Waals surface area (Å²) < 4.78 is 0. The standard InChI is InChI=1S/C20H26N6O/c27-20(22-17-7-3-1-4-8-17)26-15-13-24(14-16-26)18-9-10-21-19(23-18)25-11-5-2-6-12-25/h1,3-4,7-10H,2,5-6,11-16H2,(H,22,27). The van der Waals surface area contributed by atoms with Crippen LogP contribution in [0.15, 0.2) is 42.6 Å². The van der Waals surface area contributed by atoms with Gasteiger partial charge in [-0.25, -0.2) is 9.78 Å². The zero-order chi connectivity index (χ0) is 18.5. The summed E-state index contributed by atoms with van der Waals surface area (Å²) in [6, 6.07) is 11.5. The number of carbonyl (C=O) groups is 1. The van der Waals surface area contributed by atoms with Crippen molar-refractivity contribution in [3.8, 4) is 0 Å². The van der Waals surface area contributed by atoms with Crippen molar-refractivity contribution in [2.75, 3.05) is 54.4 Å². The van der Waals surface area contributed by atoms with Crippen LogP contribution in [0.1, 0.15) is 19.3 Å². The number of piperidine rings is 1. The average Bonchev–Trinajstić information content (AvgIpc) is 2.75. The van der Waals surface area contributed by atoms with Crippen LogP contribution in [0, 0.1) is 0 Å². The molecule has 2 aliphatic heterocycles. The summed E-state index contributed by atoms with van der Waals surface area (Å²) in [7, 11) is 0. The van der Waals surface area contributed by atoms with E-state index >= 15 is 0 Å². The average molecular weight is 366 g/mol. The highest BCUT2D eigenvalue weighted by Gasteiger charge is 2.23. The molecule has 1 N–H and O–H groups in total. The molecule has 0 atom stereocenters. The molecule has 0 aliphatic carbocycles. The molecule has 0 unspecified atom stereocenters. The van der Waals surface area contributed by atoms with Gasteiger partial charge in [0.05, 0.1) is 0 Å². The molecule has 1 aromatic heterocycles. The van der Waals surface area contributed by atoms with Crippen molar-refractivity contribution in [2.45, 2.75) is 19.3 Å². The van der Waals surface area contributed by atoms with Crippen LogP contribution in [0.4, 0.5) is 22.2 Å². The van der Waals surface area contributed by atoms with Crippen LogP contribution in [-0.2, 0) is 0 Å². The molecule has 27 heavy (non-hydrogen) atoms. The molecule has 0 spiro atoms. The number of hydrogen-bond donors (Lipinski definition) is 1. The van der Waals surface area contributed by atoms with Crippen molar-refractivity contribution in [1.29, 1.82) is 0 Å². The minimum Gasteiger partial charge on any atom is -0.353 e. The molecule has 2 fully saturated rings. The minimum absolute atomic E-state index is 0.0439. The Hall–Kier alpha value is -2.83. The van der Waals surface area contributed by atoms with Gasteiger partial charge in [0.25, 0.3) is 0 Å². The Bertz CT molecular complexity index is 754. The number of nitrogens with zero attached hydrogens (tertiary/aromatic N) is 5. The number of anilines is 3. The highest BCUT2D eigenvalue weighted by Crippen LogP contribution is 2.20. The molecule has 0 radical (unpaired) electrons. The molecule has 1 aromatic carbocycles. The van der Waals surface area contributed by atoms with Crippen molar-refractivity contribution in [3.05, 3.63) is 42.6 Å². The number of rotatable bonds is 3. The molecule has 0 saturated carbocycles. The minimum atomic E-state index is -0.0439. The van der Waals surface area contributed by atoms with E-state index in [0.29, 0.717) is 13.1 Å². The van der Waals surface area contributed by atoms with Gasteiger partial charge in [0, 0.05) is 51.2 Å². The van der Waals surface area contributed by atoms with Gasteiger partial charge >= 0.3 is 6.03 Å². The molecule has 2 aliphatic rings. The molecule has 2 amide bonds. The second kappa shape index (κ2) is 8.24.